The van der Waals surface area contributed by atoms with Crippen LogP contribution in [-0.4, -0.2) is 35.0 Å². The van der Waals surface area contributed by atoms with E-state index in [1.807, 2.05) is 27.7 Å². The quantitative estimate of drug-likeness (QED) is 0.761. The van der Waals surface area contributed by atoms with Gasteiger partial charge in [-0.25, -0.2) is 4.79 Å². The van der Waals surface area contributed by atoms with Crippen molar-refractivity contribution in [3.8, 4) is 0 Å². The van der Waals surface area contributed by atoms with Gasteiger partial charge in [-0.05, 0) is 33.6 Å². The van der Waals surface area contributed by atoms with Crippen molar-refractivity contribution in [1.82, 2.24) is 4.90 Å². The summed E-state index contributed by atoms with van der Waals surface area (Å²) in [6, 6.07) is -0.285. The van der Waals surface area contributed by atoms with Gasteiger partial charge in [0.25, 0.3) is 0 Å². The van der Waals surface area contributed by atoms with Crippen molar-refractivity contribution in [1.29, 1.82) is 0 Å². The van der Waals surface area contributed by atoms with Crippen molar-refractivity contribution in [3.05, 3.63) is 0 Å². The molecule has 1 saturated heterocycles. The van der Waals surface area contributed by atoms with Crippen molar-refractivity contribution < 1.29 is 14.3 Å². The Kier molecular flexibility index (Phi) is 5.17. The fourth-order valence-corrected chi connectivity index (χ4v) is 2.22. The van der Waals surface area contributed by atoms with Gasteiger partial charge in [-0.3, -0.25) is 9.69 Å². The zero-order valence-electron chi connectivity index (χ0n) is 12.0. The molecule has 1 atom stereocenters. The average Bonchev–Trinajstić information content (AvgIpc) is 2.50. The largest absolute Gasteiger partial charge is 0.444 e. The van der Waals surface area contributed by atoms with Crippen LogP contribution < -0.4 is 0 Å². The Bertz CT molecular complexity index is 307. The topological polar surface area (TPSA) is 46.6 Å². The zero-order chi connectivity index (χ0) is 13.8. The van der Waals surface area contributed by atoms with E-state index in [4.69, 9.17) is 4.74 Å². The number of amides is 1. The summed E-state index contributed by atoms with van der Waals surface area (Å²) in [5.74, 6) is 0.141. The lowest BCUT2D eigenvalue weighted by Gasteiger charge is -2.31. The van der Waals surface area contributed by atoms with Crippen LogP contribution in [-0.2, 0) is 9.53 Å². The molecule has 0 N–H and O–H groups in total. The molecule has 1 amide bonds. The minimum Gasteiger partial charge on any atom is -0.444 e. The second-order valence-corrected chi connectivity index (χ2v) is 5.86. The van der Waals surface area contributed by atoms with Gasteiger partial charge in [-0.1, -0.05) is 19.8 Å². The van der Waals surface area contributed by atoms with Gasteiger partial charge >= 0.3 is 6.09 Å². The van der Waals surface area contributed by atoms with Crippen molar-refractivity contribution >= 4 is 11.9 Å². The first-order valence-corrected chi connectivity index (χ1v) is 6.87. The number of Topliss-reactive ketones (excluding diaryl/α,β-unsaturated/α-hetero) is 1. The highest BCUT2D eigenvalue weighted by Gasteiger charge is 2.32. The Hall–Kier alpha value is -1.06. The second kappa shape index (κ2) is 6.21. The molecule has 104 valence electrons. The van der Waals surface area contributed by atoms with E-state index in [9.17, 15) is 9.59 Å². The van der Waals surface area contributed by atoms with E-state index in [-0.39, 0.29) is 17.9 Å². The number of carbonyl (C=O) groups is 2. The highest BCUT2D eigenvalue weighted by Crippen LogP contribution is 2.21. The molecule has 1 aliphatic heterocycles. The third-order valence-electron chi connectivity index (χ3n) is 3.10. The van der Waals surface area contributed by atoms with Crippen molar-refractivity contribution in [2.45, 2.75) is 71.4 Å². The Labute approximate surface area is 110 Å². The van der Waals surface area contributed by atoms with Gasteiger partial charge < -0.3 is 4.74 Å². The third kappa shape index (κ3) is 4.31. The first-order valence-electron chi connectivity index (χ1n) is 6.87. The number of ketones is 1. The summed E-state index contributed by atoms with van der Waals surface area (Å²) in [6.45, 7) is 8.02. The maximum Gasteiger partial charge on any atom is 0.410 e. The maximum absolute atomic E-state index is 12.1. The molecule has 0 aromatic carbocycles. The van der Waals surface area contributed by atoms with E-state index in [1.54, 1.807) is 4.90 Å². The molecule has 0 spiro atoms. The number of ether oxygens (including phenoxy) is 1. The van der Waals surface area contributed by atoms with E-state index < -0.39 is 5.60 Å². The van der Waals surface area contributed by atoms with Crippen LogP contribution >= 0.6 is 0 Å². The molecule has 1 aliphatic rings. The van der Waals surface area contributed by atoms with Crippen LogP contribution in [0.2, 0.25) is 0 Å². The number of carbonyl (C=O) groups excluding carboxylic acids is 2. The van der Waals surface area contributed by atoms with Gasteiger partial charge in [0.2, 0.25) is 0 Å². The summed E-state index contributed by atoms with van der Waals surface area (Å²) >= 11 is 0. The van der Waals surface area contributed by atoms with Crippen LogP contribution in [0, 0.1) is 0 Å². The highest BCUT2D eigenvalue weighted by atomic mass is 16.6. The molecule has 18 heavy (non-hydrogen) atoms. The smallest absolute Gasteiger partial charge is 0.410 e. The number of rotatable bonds is 2. The lowest BCUT2D eigenvalue weighted by molar-refractivity contribution is -0.124. The molecule has 1 fully saturated rings. The molecule has 0 aromatic heterocycles. The molecule has 0 aliphatic carbocycles. The van der Waals surface area contributed by atoms with Crippen LogP contribution in [0.3, 0.4) is 0 Å². The standard InChI is InChI=1S/C14H25NO3/c1-5-12(16)11-9-7-6-8-10-15(11)13(17)18-14(2,3)4/h11H,5-10H2,1-4H3/t11-/m0/s1. The summed E-state index contributed by atoms with van der Waals surface area (Å²) in [5.41, 5.74) is -0.511. The van der Waals surface area contributed by atoms with E-state index in [0.29, 0.717) is 13.0 Å². The van der Waals surface area contributed by atoms with E-state index in [0.717, 1.165) is 25.7 Å². The molecule has 0 radical (unpaired) electrons. The number of nitrogens with zero attached hydrogens (tertiary/aromatic N) is 1. The molecule has 0 bridgehead atoms. The SMILES string of the molecule is CCC(=O)[C@@H]1CCCCCN1C(=O)OC(C)(C)C. The maximum atomic E-state index is 12.1. The summed E-state index contributed by atoms with van der Waals surface area (Å²) < 4.78 is 5.39. The summed E-state index contributed by atoms with van der Waals surface area (Å²) in [4.78, 5) is 25.7. The Morgan fingerprint density at radius 3 is 2.44 bits per heavy atom. The normalized spacial score (nSPS) is 21.3. The molecule has 0 saturated carbocycles. The summed E-state index contributed by atoms with van der Waals surface area (Å²) in [5, 5.41) is 0. The minimum atomic E-state index is -0.511. The molecule has 0 unspecified atom stereocenters. The van der Waals surface area contributed by atoms with Crippen molar-refractivity contribution in [2.75, 3.05) is 6.54 Å². The first kappa shape index (κ1) is 15.0. The Morgan fingerprint density at radius 2 is 1.89 bits per heavy atom. The van der Waals surface area contributed by atoms with Gasteiger partial charge in [0.05, 0.1) is 6.04 Å². The van der Waals surface area contributed by atoms with Gasteiger partial charge in [0.15, 0.2) is 5.78 Å². The lowest BCUT2D eigenvalue weighted by Crippen LogP contribution is -2.46. The van der Waals surface area contributed by atoms with Crippen LogP contribution in [0.4, 0.5) is 4.79 Å². The van der Waals surface area contributed by atoms with Gasteiger partial charge in [0, 0.05) is 13.0 Å². The van der Waals surface area contributed by atoms with Crippen LogP contribution in [0.15, 0.2) is 0 Å². The Balaban J connectivity index is 2.79. The van der Waals surface area contributed by atoms with E-state index >= 15 is 0 Å². The first-order chi connectivity index (χ1) is 8.35. The zero-order valence-corrected chi connectivity index (χ0v) is 12.0. The van der Waals surface area contributed by atoms with Gasteiger partial charge in [-0.15, -0.1) is 0 Å². The van der Waals surface area contributed by atoms with Crippen LogP contribution in [0.5, 0.6) is 0 Å². The fourth-order valence-electron chi connectivity index (χ4n) is 2.22. The summed E-state index contributed by atoms with van der Waals surface area (Å²) in [7, 11) is 0. The number of hydrogen-bond donors (Lipinski definition) is 0. The molecule has 1 heterocycles. The van der Waals surface area contributed by atoms with E-state index in [2.05, 4.69) is 0 Å². The van der Waals surface area contributed by atoms with Crippen molar-refractivity contribution in [2.24, 2.45) is 0 Å². The average molecular weight is 255 g/mol. The number of hydrogen-bond acceptors (Lipinski definition) is 3. The predicted molar refractivity (Wildman–Crippen MR) is 70.5 cm³/mol. The van der Waals surface area contributed by atoms with Gasteiger partial charge in [-0.2, -0.15) is 0 Å². The Morgan fingerprint density at radius 1 is 1.22 bits per heavy atom. The third-order valence-corrected chi connectivity index (χ3v) is 3.10. The predicted octanol–water partition coefficient (Wildman–Crippen LogP) is 3.15. The molecule has 4 heteroatoms. The molecule has 1 rings (SSSR count). The van der Waals surface area contributed by atoms with E-state index in [1.165, 1.54) is 0 Å². The highest BCUT2D eigenvalue weighted by molar-refractivity contribution is 5.87. The fraction of sp³-hybridized carbons (Fsp3) is 0.857. The van der Waals surface area contributed by atoms with Crippen molar-refractivity contribution in [3.63, 3.8) is 0 Å². The van der Waals surface area contributed by atoms with Crippen LogP contribution in [0.25, 0.3) is 0 Å². The summed E-state index contributed by atoms with van der Waals surface area (Å²) in [6.07, 6.45) is 3.93. The molecule has 0 aromatic rings. The molecular formula is C14H25NO3. The molecule has 4 nitrogen and oxygen atoms in total. The minimum absolute atomic E-state index is 0.141. The second-order valence-electron chi connectivity index (χ2n) is 5.86. The monoisotopic (exact) mass is 255 g/mol. The van der Waals surface area contributed by atoms with Crippen LogP contribution in [0.1, 0.15) is 59.8 Å². The van der Waals surface area contributed by atoms with Gasteiger partial charge in [0.1, 0.15) is 5.60 Å². The lowest BCUT2D eigenvalue weighted by atomic mass is 10.0. The number of likely N-dealkylation sites (tertiary alicyclic amines) is 1. The molecular weight excluding hydrogens is 230 g/mol.